The monoisotopic (exact) mass is 209 g/mol. The van der Waals surface area contributed by atoms with Crippen LogP contribution in [0.5, 0.6) is 0 Å². The van der Waals surface area contributed by atoms with E-state index in [0.29, 0.717) is 0 Å². The molecule has 1 atom stereocenters. The van der Waals surface area contributed by atoms with Crippen molar-refractivity contribution < 1.29 is 0 Å². The van der Waals surface area contributed by atoms with Crippen LogP contribution >= 0.6 is 12.4 Å². The minimum Gasteiger partial charge on any atom is -0.324 e. The lowest BCUT2D eigenvalue weighted by molar-refractivity contribution is 0.791. The molecule has 1 aliphatic rings. The van der Waals surface area contributed by atoms with E-state index in [2.05, 4.69) is 30.4 Å². The van der Waals surface area contributed by atoms with Crippen LogP contribution in [0.2, 0.25) is 0 Å². The molecule has 0 radical (unpaired) electrons. The Morgan fingerprint density at radius 1 is 1.36 bits per heavy atom. The molecule has 0 fully saturated rings. The highest BCUT2D eigenvalue weighted by Crippen LogP contribution is 2.25. The third-order valence-corrected chi connectivity index (χ3v) is 2.60. The molecule has 0 saturated heterocycles. The number of nitrogens with two attached hydrogens (primary N) is 1. The van der Waals surface area contributed by atoms with Gasteiger partial charge in [-0.05, 0) is 36.5 Å². The van der Waals surface area contributed by atoms with Crippen LogP contribution in [0.25, 0.3) is 6.08 Å². The molecule has 0 aliphatic heterocycles. The Hall–Kier alpha value is -0.790. The van der Waals surface area contributed by atoms with E-state index in [-0.39, 0.29) is 18.4 Å². The van der Waals surface area contributed by atoms with Crippen LogP contribution in [0.1, 0.15) is 36.1 Å². The van der Waals surface area contributed by atoms with Crippen molar-refractivity contribution in [3.8, 4) is 0 Å². The van der Waals surface area contributed by atoms with Crippen molar-refractivity contribution in [2.75, 3.05) is 0 Å². The van der Waals surface area contributed by atoms with E-state index in [1.165, 1.54) is 16.7 Å². The van der Waals surface area contributed by atoms with Crippen LogP contribution in [0.15, 0.2) is 24.3 Å². The Balaban J connectivity index is 0.000000980. The second-order valence-electron chi connectivity index (χ2n) is 3.64. The van der Waals surface area contributed by atoms with Crippen molar-refractivity contribution in [2.24, 2.45) is 5.73 Å². The summed E-state index contributed by atoms with van der Waals surface area (Å²) >= 11 is 0. The molecular formula is C12H16ClN. The summed E-state index contributed by atoms with van der Waals surface area (Å²) < 4.78 is 0. The predicted molar refractivity (Wildman–Crippen MR) is 63.6 cm³/mol. The van der Waals surface area contributed by atoms with Crippen LogP contribution in [0.3, 0.4) is 0 Å². The number of halogens is 1. The summed E-state index contributed by atoms with van der Waals surface area (Å²) in [5.74, 6) is 0. The molecule has 1 unspecified atom stereocenters. The number of hydrogen-bond donors (Lipinski definition) is 1. The molecule has 2 N–H and O–H groups in total. The molecule has 1 aliphatic carbocycles. The molecule has 0 saturated carbocycles. The fourth-order valence-corrected chi connectivity index (χ4v) is 1.93. The molecule has 1 aromatic carbocycles. The Bertz CT molecular complexity index is 342. The van der Waals surface area contributed by atoms with E-state index in [0.717, 1.165) is 12.8 Å². The average molecular weight is 210 g/mol. The SMILES string of the molecule is CC(N)c1cccc2c1CCC=C2.Cl. The smallest absolute Gasteiger partial charge is 0.0269 e. The summed E-state index contributed by atoms with van der Waals surface area (Å²) in [7, 11) is 0. The molecule has 2 heteroatoms. The maximum atomic E-state index is 5.91. The van der Waals surface area contributed by atoms with E-state index < -0.39 is 0 Å². The number of rotatable bonds is 1. The van der Waals surface area contributed by atoms with Gasteiger partial charge in [0.1, 0.15) is 0 Å². The third kappa shape index (κ3) is 1.99. The topological polar surface area (TPSA) is 26.0 Å². The molecule has 14 heavy (non-hydrogen) atoms. The zero-order chi connectivity index (χ0) is 9.26. The lowest BCUT2D eigenvalue weighted by Gasteiger charge is -2.17. The minimum absolute atomic E-state index is 0. The molecule has 2 rings (SSSR count). The van der Waals surface area contributed by atoms with E-state index >= 15 is 0 Å². The van der Waals surface area contributed by atoms with Gasteiger partial charge in [-0.15, -0.1) is 12.4 Å². The van der Waals surface area contributed by atoms with Gasteiger partial charge >= 0.3 is 0 Å². The highest BCUT2D eigenvalue weighted by atomic mass is 35.5. The molecule has 0 amide bonds. The van der Waals surface area contributed by atoms with Crippen LogP contribution in [-0.4, -0.2) is 0 Å². The molecule has 0 bridgehead atoms. The summed E-state index contributed by atoms with van der Waals surface area (Å²) in [5, 5.41) is 0. The number of hydrogen-bond acceptors (Lipinski definition) is 1. The third-order valence-electron chi connectivity index (χ3n) is 2.60. The summed E-state index contributed by atoms with van der Waals surface area (Å²) in [6, 6.07) is 6.55. The Morgan fingerprint density at radius 3 is 2.86 bits per heavy atom. The summed E-state index contributed by atoms with van der Waals surface area (Å²) in [6.07, 6.45) is 6.72. The van der Waals surface area contributed by atoms with Crippen molar-refractivity contribution in [1.82, 2.24) is 0 Å². The van der Waals surface area contributed by atoms with Crippen molar-refractivity contribution >= 4 is 18.5 Å². The second-order valence-corrected chi connectivity index (χ2v) is 3.64. The largest absolute Gasteiger partial charge is 0.324 e. The highest BCUT2D eigenvalue weighted by Gasteiger charge is 2.11. The van der Waals surface area contributed by atoms with Gasteiger partial charge in [-0.1, -0.05) is 30.4 Å². The Labute approximate surface area is 91.4 Å². The molecule has 0 aromatic heterocycles. The first-order valence-corrected chi connectivity index (χ1v) is 4.83. The van der Waals surface area contributed by atoms with Crippen LogP contribution in [-0.2, 0) is 6.42 Å². The fourth-order valence-electron chi connectivity index (χ4n) is 1.93. The van der Waals surface area contributed by atoms with Gasteiger partial charge in [0.2, 0.25) is 0 Å². The molecular weight excluding hydrogens is 194 g/mol. The van der Waals surface area contributed by atoms with Crippen LogP contribution in [0, 0.1) is 0 Å². The first kappa shape index (κ1) is 11.3. The van der Waals surface area contributed by atoms with Gasteiger partial charge in [0.15, 0.2) is 0 Å². The first-order valence-electron chi connectivity index (χ1n) is 4.83. The normalized spacial score (nSPS) is 15.6. The predicted octanol–water partition coefficient (Wildman–Crippen LogP) is 3.09. The summed E-state index contributed by atoms with van der Waals surface area (Å²) in [6.45, 7) is 2.05. The minimum atomic E-state index is 0. The lowest BCUT2D eigenvalue weighted by atomic mass is 9.90. The zero-order valence-corrected chi connectivity index (χ0v) is 9.18. The number of allylic oxidation sites excluding steroid dienone is 1. The average Bonchev–Trinajstić information content (AvgIpc) is 2.17. The van der Waals surface area contributed by atoms with Crippen LogP contribution in [0.4, 0.5) is 0 Å². The van der Waals surface area contributed by atoms with Gasteiger partial charge in [0.05, 0.1) is 0 Å². The quantitative estimate of drug-likeness (QED) is 0.756. The van der Waals surface area contributed by atoms with Crippen molar-refractivity contribution in [3.63, 3.8) is 0 Å². The maximum Gasteiger partial charge on any atom is 0.0269 e. The maximum absolute atomic E-state index is 5.91. The molecule has 0 spiro atoms. The Kier molecular flexibility index (Phi) is 3.73. The van der Waals surface area contributed by atoms with Crippen molar-refractivity contribution in [3.05, 3.63) is 41.0 Å². The molecule has 1 aromatic rings. The second kappa shape index (κ2) is 4.63. The van der Waals surface area contributed by atoms with Crippen LogP contribution < -0.4 is 5.73 Å². The standard InChI is InChI=1S/C12H15N.ClH/c1-9(13)11-8-4-6-10-5-2-3-7-12(10)11;/h2,4-6,8-9H,3,7,13H2,1H3;1H. The van der Waals surface area contributed by atoms with Crippen molar-refractivity contribution in [2.45, 2.75) is 25.8 Å². The van der Waals surface area contributed by atoms with E-state index in [4.69, 9.17) is 5.73 Å². The lowest BCUT2D eigenvalue weighted by Crippen LogP contribution is -2.10. The van der Waals surface area contributed by atoms with Gasteiger partial charge in [0, 0.05) is 6.04 Å². The van der Waals surface area contributed by atoms with E-state index in [1.54, 1.807) is 0 Å². The zero-order valence-electron chi connectivity index (χ0n) is 8.36. The van der Waals surface area contributed by atoms with E-state index in [1.807, 2.05) is 6.92 Å². The van der Waals surface area contributed by atoms with Gasteiger partial charge in [0.25, 0.3) is 0 Å². The number of benzene rings is 1. The van der Waals surface area contributed by atoms with E-state index in [9.17, 15) is 0 Å². The first-order chi connectivity index (χ1) is 6.29. The Morgan fingerprint density at radius 2 is 2.14 bits per heavy atom. The fraction of sp³-hybridized carbons (Fsp3) is 0.333. The molecule has 1 nitrogen and oxygen atoms in total. The van der Waals surface area contributed by atoms with Crippen molar-refractivity contribution in [1.29, 1.82) is 0 Å². The summed E-state index contributed by atoms with van der Waals surface area (Å²) in [5.41, 5.74) is 10.0. The van der Waals surface area contributed by atoms with Gasteiger partial charge < -0.3 is 5.73 Å². The highest BCUT2D eigenvalue weighted by molar-refractivity contribution is 5.85. The summed E-state index contributed by atoms with van der Waals surface area (Å²) in [4.78, 5) is 0. The van der Waals surface area contributed by atoms with Gasteiger partial charge in [-0.25, -0.2) is 0 Å². The van der Waals surface area contributed by atoms with Gasteiger partial charge in [-0.3, -0.25) is 0 Å². The number of fused-ring (bicyclic) bond motifs is 1. The molecule has 0 heterocycles. The molecule has 76 valence electrons. The van der Waals surface area contributed by atoms with Gasteiger partial charge in [-0.2, -0.15) is 0 Å².